The summed E-state index contributed by atoms with van der Waals surface area (Å²) < 4.78 is 5.60. The second-order valence-corrected chi connectivity index (χ2v) is 10.8. The number of aromatic amines is 1. The number of pyridine rings is 2. The zero-order valence-electron chi connectivity index (χ0n) is 22.8. The molecule has 2 N–H and O–H groups in total. The molecule has 7 rings (SSSR count). The SMILES string of the molecule is O=C(NC1CC1)c1cc2c([nH]1)-c1ccccc1N(C(=O)c1cccc(-c3ccnc(N4CCCOCC4)c3)n1)CC2. The summed E-state index contributed by atoms with van der Waals surface area (Å²) in [6, 6.07) is 19.6. The van der Waals surface area contributed by atoms with Gasteiger partial charge in [0.05, 0.1) is 23.7 Å². The van der Waals surface area contributed by atoms with Gasteiger partial charge in [0.25, 0.3) is 11.8 Å². The van der Waals surface area contributed by atoms with Crippen LogP contribution in [0, 0.1) is 0 Å². The van der Waals surface area contributed by atoms with Gasteiger partial charge in [-0.25, -0.2) is 9.97 Å². The molecule has 0 unspecified atom stereocenters. The van der Waals surface area contributed by atoms with Crippen LogP contribution >= 0.6 is 0 Å². The highest BCUT2D eigenvalue weighted by Crippen LogP contribution is 2.37. The molecular weight excluding hydrogens is 516 g/mol. The minimum absolute atomic E-state index is 0.0737. The number of H-pyrrole nitrogens is 1. The number of anilines is 2. The monoisotopic (exact) mass is 548 g/mol. The summed E-state index contributed by atoms with van der Waals surface area (Å²) in [7, 11) is 0. The Morgan fingerprint density at radius 1 is 0.976 bits per heavy atom. The van der Waals surface area contributed by atoms with Gasteiger partial charge < -0.3 is 24.8 Å². The first-order chi connectivity index (χ1) is 20.1. The zero-order chi connectivity index (χ0) is 27.8. The van der Waals surface area contributed by atoms with E-state index in [0.717, 1.165) is 78.5 Å². The van der Waals surface area contributed by atoms with Crippen molar-refractivity contribution in [1.29, 1.82) is 0 Å². The van der Waals surface area contributed by atoms with Crippen LogP contribution in [0.5, 0.6) is 0 Å². The summed E-state index contributed by atoms with van der Waals surface area (Å²) in [6.07, 6.45) is 5.46. The summed E-state index contributed by atoms with van der Waals surface area (Å²) in [4.78, 5) is 43.5. The van der Waals surface area contributed by atoms with Crippen molar-refractivity contribution in [2.45, 2.75) is 31.7 Å². The Balaban J connectivity index is 1.17. The number of carbonyl (C=O) groups is 2. The van der Waals surface area contributed by atoms with E-state index in [9.17, 15) is 9.59 Å². The quantitative estimate of drug-likeness (QED) is 0.382. The van der Waals surface area contributed by atoms with Gasteiger partial charge in [-0.05, 0) is 67.6 Å². The topological polar surface area (TPSA) is 103 Å². The van der Waals surface area contributed by atoms with E-state index in [1.165, 1.54) is 0 Å². The second kappa shape index (κ2) is 10.8. The fraction of sp³-hybridized carbons (Fsp3) is 0.312. The molecule has 208 valence electrons. The van der Waals surface area contributed by atoms with E-state index in [4.69, 9.17) is 9.72 Å². The van der Waals surface area contributed by atoms with Crippen LogP contribution in [-0.4, -0.2) is 65.7 Å². The lowest BCUT2D eigenvalue weighted by molar-refractivity contribution is 0.0944. The Labute approximate surface area is 238 Å². The molecule has 0 atom stereocenters. The summed E-state index contributed by atoms with van der Waals surface area (Å²) >= 11 is 0. The number of nitrogens with one attached hydrogen (secondary N) is 2. The lowest BCUT2D eigenvalue weighted by Crippen LogP contribution is -2.33. The highest BCUT2D eigenvalue weighted by atomic mass is 16.5. The maximum Gasteiger partial charge on any atom is 0.276 e. The van der Waals surface area contributed by atoms with Crippen molar-refractivity contribution in [3.05, 3.63) is 83.8 Å². The minimum atomic E-state index is -0.157. The van der Waals surface area contributed by atoms with Gasteiger partial charge in [-0.1, -0.05) is 24.3 Å². The fourth-order valence-corrected chi connectivity index (χ4v) is 5.61. The normalized spacial score (nSPS) is 16.8. The number of carbonyl (C=O) groups excluding carboxylic acids is 2. The maximum atomic E-state index is 14.0. The van der Waals surface area contributed by atoms with Gasteiger partial charge in [0.15, 0.2) is 0 Å². The van der Waals surface area contributed by atoms with Crippen LogP contribution in [-0.2, 0) is 11.2 Å². The molecule has 3 aliphatic rings. The van der Waals surface area contributed by atoms with Crippen molar-refractivity contribution in [2.75, 3.05) is 42.6 Å². The molecule has 2 amide bonds. The third kappa shape index (κ3) is 5.20. The number of ether oxygens (including phenoxy) is 1. The molecule has 0 bridgehead atoms. The number of fused-ring (bicyclic) bond motifs is 3. The van der Waals surface area contributed by atoms with Gasteiger partial charge in [0.2, 0.25) is 0 Å². The summed E-state index contributed by atoms with van der Waals surface area (Å²) in [5.74, 6) is 0.657. The van der Waals surface area contributed by atoms with Crippen LogP contribution < -0.4 is 15.1 Å². The van der Waals surface area contributed by atoms with Crippen molar-refractivity contribution in [2.24, 2.45) is 0 Å². The Kier molecular flexibility index (Phi) is 6.72. The number of rotatable bonds is 5. The first-order valence-electron chi connectivity index (χ1n) is 14.3. The molecule has 41 heavy (non-hydrogen) atoms. The molecule has 9 nitrogen and oxygen atoms in total. The molecule has 1 saturated carbocycles. The highest BCUT2D eigenvalue weighted by molar-refractivity contribution is 6.08. The summed E-state index contributed by atoms with van der Waals surface area (Å²) in [5, 5.41) is 3.06. The van der Waals surface area contributed by atoms with E-state index in [1.54, 1.807) is 17.2 Å². The molecule has 2 fully saturated rings. The molecule has 4 aromatic rings. The lowest BCUT2D eigenvalue weighted by atomic mass is 10.1. The number of hydrogen-bond donors (Lipinski definition) is 2. The Bertz CT molecular complexity index is 1600. The third-order valence-electron chi connectivity index (χ3n) is 7.93. The predicted octanol–water partition coefficient (Wildman–Crippen LogP) is 4.46. The van der Waals surface area contributed by atoms with Crippen LogP contribution in [0.1, 0.15) is 45.8 Å². The highest BCUT2D eigenvalue weighted by Gasteiger charge is 2.29. The Morgan fingerprint density at radius 2 is 1.88 bits per heavy atom. The number of para-hydroxylation sites is 1. The number of amides is 2. The molecule has 1 aromatic carbocycles. The van der Waals surface area contributed by atoms with Crippen LogP contribution in [0.15, 0.2) is 66.9 Å². The van der Waals surface area contributed by atoms with Gasteiger partial charge in [-0.15, -0.1) is 0 Å². The molecule has 5 heterocycles. The van der Waals surface area contributed by atoms with Gasteiger partial charge in [-0.2, -0.15) is 0 Å². The van der Waals surface area contributed by atoms with Crippen LogP contribution in [0.2, 0.25) is 0 Å². The lowest BCUT2D eigenvalue weighted by Gasteiger charge is -2.23. The maximum absolute atomic E-state index is 14.0. The van der Waals surface area contributed by atoms with E-state index in [-0.39, 0.29) is 17.9 Å². The van der Waals surface area contributed by atoms with Crippen molar-refractivity contribution >= 4 is 23.3 Å². The fourth-order valence-electron chi connectivity index (χ4n) is 5.61. The van der Waals surface area contributed by atoms with E-state index in [0.29, 0.717) is 31.0 Å². The molecule has 9 heteroatoms. The predicted molar refractivity (Wildman–Crippen MR) is 157 cm³/mol. The van der Waals surface area contributed by atoms with Gasteiger partial charge >= 0.3 is 0 Å². The molecular formula is C32H32N6O3. The molecule has 1 aliphatic carbocycles. The standard InChI is InChI=1S/C32H32N6O3/c39-31(34-23-9-10-23)27-19-22-12-15-38(28-8-2-1-5-24(28)30(22)36-27)32(40)26-7-3-6-25(35-26)21-11-13-33-29(20-21)37-14-4-17-41-18-16-37/h1-3,5-8,11,13,19-20,23,36H,4,9-10,12,14-18H2,(H,34,39). The molecule has 1 saturated heterocycles. The van der Waals surface area contributed by atoms with Crippen molar-refractivity contribution in [1.82, 2.24) is 20.3 Å². The summed E-state index contributed by atoms with van der Waals surface area (Å²) in [6.45, 7) is 3.62. The molecule has 0 spiro atoms. The van der Waals surface area contributed by atoms with E-state index >= 15 is 0 Å². The van der Waals surface area contributed by atoms with Gasteiger partial charge in [0, 0.05) is 49.6 Å². The van der Waals surface area contributed by atoms with Gasteiger partial charge in [0.1, 0.15) is 17.2 Å². The smallest absolute Gasteiger partial charge is 0.276 e. The van der Waals surface area contributed by atoms with Crippen molar-refractivity contribution in [3.8, 4) is 22.5 Å². The third-order valence-corrected chi connectivity index (χ3v) is 7.93. The average Bonchev–Trinajstić information content (AvgIpc) is 3.81. The second-order valence-electron chi connectivity index (χ2n) is 10.8. The Morgan fingerprint density at radius 3 is 2.78 bits per heavy atom. The summed E-state index contributed by atoms with van der Waals surface area (Å²) in [5.41, 5.74) is 6.21. The molecule has 0 radical (unpaired) electrons. The number of benzene rings is 1. The van der Waals surface area contributed by atoms with Crippen LogP contribution in [0.3, 0.4) is 0 Å². The zero-order valence-corrected chi connectivity index (χ0v) is 22.8. The van der Waals surface area contributed by atoms with Gasteiger partial charge in [-0.3, -0.25) is 9.59 Å². The first-order valence-corrected chi connectivity index (χ1v) is 14.3. The largest absolute Gasteiger partial charge is 0.380 e. The first kappa shape index (κ1) is 25.5. The number of aromatic nitrogens is 3. The van der Waals surface area contributed by atoms with Crippen molar-refractivity contribution < 1.29 is 14.3 Å². The number of hydrogen-bond acceptors (Lipinski definition) is 6. The van der Waals surface area contributed by atoms with E-state index < -0.39 is 0 Å². The van der Waals surface area contributed by atoms with E-state index in [2.05, 4.69) is 20.2 Å². The number of nitrogens with zero attached hydrogens (tertiary/aromatic N) is 4. The minimum Gasteiger partial charge on any atom is -0.380 e. The molecule has 2 aliphatic heterocycles. The molecule has 3 aromatic heterocycles. The van der Waals surface area contributed by atoms with E-state index in [1.807, 2.05) is 54.6 Å². The average molecular weight is 549 g/mol. The Hall–Kier alpha value is -4.50. The van der Waals surface area contributed by atoms with Crippen LogP contribution in [0.4, 0.5) is 11.5 Å². The van der Waals surface area contributed by atoms with Crippen LogP contribution in [0.25, 0.3) is 22.5 Å². The van der Waals surface area contributed by atoms with Crippen molar-refractivity contribution in [3.63, 3.8) is 0 Å².